The minimum absolute atomic E-state index is 0.0558. The zero-order chi connectivity index (χ0) is 23.2. The smallest absolute Gasteiger partial charge is 0.309 e. The Morgan fingerprint density at radius 1 is 1.16 bits per heavy atom. The van der Waals surface area contributed by atoms with Gasteiger partial charge < -0.3 is 19.3 Å². The number of fused-ring (bicyclic) bond motifs is 3. The summed E-state index contributed by atoms with van der Waals surface area (Å²) in [7, 11) is 0. The minimum Gasteiger partial charge on any atom is -0.491 e. The summed E-state index contributed by atoms with van der Waals surface area (Å²) < 4.78 is 18.9. The van der Waals surface area contributed by atoms with Crippen molar-refractivity contribution in [2.24, 2.45) is 11.8 Å². The maximum absolute atomic E-state index is 12.1. The van der Waals surface area contributed by atoms with E-state index in [-0.39, 0.29) is 18.6 Å². The van der Waals surface area contributed by atoms with E-state index in [4.69, 9.17) is 14.2 Å². The molecule has 4 rings (SSSR count). The molecule has 1 N–H and O–H groups in total. The monoisotopic (exact) mass is 438 g/mol. The molecule has 0 amide bonds. The number of hydrogen-bond donors (Lipinski definition) is 1. The van der Waals surface area contributed by atoms with Crippen LogP contribution < -0.4 is 9.47 Å². The SMILES string of the molecule is Cc1ccc2c(c1C)OC(C)(C)[C@H]1C[C@@H](C(=O)O)[C@H](COc3ccc(C(C)C)cc3)O[C@H]21. The molecule has 0 bridgehead atoms. The van der Waals surface area contributed by atoms with Gasteiger partial charge in [-0.15, -0.1) is 0 Å². The summed E-state index contributed by atoms with van der Waals surface area (Å²) >= 11 is 0. The molecule has 0 saturated carbocycles. The van der Waals surface area contributed by atoms with Gasteiger partial charge in [-0.3, -0.25) is 4.79 Å². The van der Waals surface area contributed by atoms with Gasteiger partial charge in [0.2, 0.25) is 0 Å². The molecule has 2 aliphatic rings. The number of ether oxygens (including phenoxy) is 3. The summed E-state index contributed by atoms with van der Waals surface area (Å²) in [6, 6.07) is 12.1. The normalized spacial score (nSPS) is 26.1. The van der Waals surface area contributed by atoms with Crippen LogP contribution in [0.1, 0.15) is 68.4 Å². The number of aliphatic carboxylic acids is 1. The lowest BCUT2D eigenvalue weighted by Gasteiger charge is -2.50. The Labute approximate surface area is 190 Å². The summed E-state index contributed by atoms with van der Waals surface area (Å²) in [6.45, 7) is 12.7. The van der Waals surface area contributed by atoms with Crippen LogP contribution in [0.2, 0.25) is 0 Å². The van der Waals surface area contributed by atoms with Crippen LogP contribution in [-0.4, -0.2) is 29.4 Å². The molecule has 2 aromatic carbocycles. The molecule has 1 fully saturated rings. The Morgan fingerprint density at radius 2 is 1.84 bits per heavy atom. The molecule has 0 spiro atoms. The first-order valence-corrected chi connectivity index (χ1v) is 11.5. The van der Waals surface area contributed by atoms with Crippen LogP contribution in [0.3, 0.4) is 0 Å². The molecule has 32 heavy (non-hydrogen) atoms. The highest BCUT2D eigenvalue weighted by Gasteiger charge is 2.52. The zero-order valence-electron chi connectivity index (χ0n) is 19.8. The largest absolute Gasteiger partial charge is 0.491 e. The minimum atomic E-state index is -0.853. The molecular formula is C27H34O5. The fraction of sp³-hybridized carbons (Fsp3) is 0.519. The molecule has 0 aromatic heterocycles. The number of rotatable bonds is 5. The van der Waals surface area contributed by atoms with Crippen LogP contribution in [-0.2, 0) is 9.53 Å². The molecule has 0 aliphatic carbocycles. The molecule has 4 atom stereocenters. The van der Waals surface area contributed by atoms with Crippen LogP contribution in [0.5, 0.6) is 11.5 Å². The van der Waals surface area contributed by atoms with Gasteiger partial charge in [0.25, 0.3) is 0 Å². The summed E-state index contributed by atoms with van der Waals surface area (Å²) in [5.41, 5.74) is 4.00. The lowest BCUT2D eigenvalue weighted by Crippen LogP contribution is -2.53. The molecule has 2 heterocycles. The predicted molar refractivity (Wildman–Crippen MR) is 123 cm³/mol. The second-order valence-electron chi connectivity index (χ2n) is 10.0. The second kappa shape index (κ2) is 8.43. The summed E-state index contributed by atoms with van der Waals surface area (Å²) in [5.74, 6) is 0.483. The van der Waals surface area contributed by atoms with Crippen molar-refractivity contribution in [2.75, 3.05) is 6.61 Å². The summed E-state index contributed by atoms with van der Waals surface area (Å²) in [5, 5.41) is 9.96. The average molecular weight is 439 g/mol. The highest BCUT2D eigenvalue weighted by atomic mass is 16.6. The van der Waals surface area contributed by atoms with Gasteiger partial charge >= 0.3 is 5.97 Å². The molecule has 5 heteroatoms. The second-order valence-corrected chi connectivity index (χ2v) is 10.0. The fourth-order valence-electron chi connectivity index (χ4n) is 4.92. The quantitative estimate of drug-likeness (QED) is 0.637. The number of benzene rings is 2. The number of hydrogen-bond acceptors (Lipinski definition) is 4. The van der Waals surface area contributed by atoms with Gasteiger partial charge in [0, 0.05) is 11.5 Å². The van der Waals surface area contributed by atoms with Crippen molar-refractivity contribution in [3.05, 3.63) is 58.7 Å². The van der Waals surface area contributed by atoms with Crippen molar-refractivity contribution < 1.29 is 24.1 Å². The van der Waals surface area contributed by atoms with E-state index in [0.717, 1.165) is 22.6 Å². The standard InChI is InChI=1S/C27H34O5/c1-15(2)18-8-10-19(11-9-18)30-14-23-21(26(28)29)13-22-25(31-23)20-12-7-16(3)17(4)24(20)32-27(22,5)6/h7-12,15,21-23,25H,13-14H2,1-6H3,(H,28,29)/t21-,22+,23+,25-/m1/s1. The Bertz CT molecular complexity index is 992. The van der Waals surface area contributed by atoms with Gasteiger partial charge in [-0.25, -0.2) is 0 Å². The third kappa shape index (κ3) is 4.11. The molecule has 1 saturated heterocycles. The maximum atomic E-state index is 12.1. The van der Waals surface area contributed by atoms with E-state index in [9.17, 15) is 9.90 Å². The van der Waals surface area contributed by atoms with Crippen LogP contribution in [0.4, 0.5) is 0 Å². The summed E-state index contributed by atoms with van der Waals surface area (Å²) in [4.78, 5) is 12.1. The van der Waals surface area contributed by atoms with Crippen molar-refractivity contribution in [3.63, 3.8) is 0 Å². The zero-order valence-corrected chi connectivity index (χ0v) is 19.8. The van der Waals surface area contributed by atoms with E-state index in [1.54, 1.807) is 0 Å². The topological polar surface area (TPSA) is 65.0 Å². The Kier molecular flexibility index (Phi) is 5.97. The first kappa shape index (κ1) is 22.7. The van der Waals surface area contributed by atoms with E-state index < -0.39 is 23.6 Å². The van der Waals surface area contributed by atoms with Crippen LogP contribution in [0.25, 0.3) is 0 Å². The van der Waals surface area contributed by atoms with Crippen molar-refractivity contribution >= 4 is 5.97 Å². The molecule has 0 radical (unpaired) electrons. The predicted octanol–water partition coefficient (Wildman–Crippen LogP) is 5.82. The molecule has 172 valence electrons. The Balaban J connectivity index is 1.60. The molecule has 2 aliphatic heterocycles. The van der Waals surface area contributed by atoms with Crippen molar-refractivity contribution in [3.8, 4) is 11.5 Å². The van der Waals surface area contributed by atoms with E-state index in [1.807, 2.05) is 26.0 Å². The molecule has 2 aromatic rings. The van der Waals surface area contributed by atoms with Crippen LogP contribution in [0, 0.1) is 25.7 Å². The van der Waals surface area contributed by atoms with Crippen LogP contribution >= 0.6 is 0 Å². The Morgan fingerprint density at radius 3 is 2.47 bits per heavy atom. The first-order valence-electron chi connectivity index (χ1n) is 11.5. The fourth-order valence-corrected chi connectivity index (χ4v) is 4.92. The number of carboxylic acid groups (broad SMARTS) is 1. The van der Waals surface area contributed by atoms with Gasteiger partial charge in [-0.2, -0.15) is 0 Å². The van der Waals surface area contributed by atoms with Crippen molar-refractivity contribution in [1.29, 1.82) is 0 Å². The van der Waals surface area contributed by atoms with E-state index in [1.165, 1.54) is 11.1 Å². The van der Waals surface area contributed by atoms with Gasteiger partial charge in [0.15, 0.2) is 0 Å². The Hall–Kier alpha value is -2.53. The highest BCUT2D eigenvalue weighted by Crippen LogP contribution is 2.53. The lowest BCUT2D eigenvalue weighted by molar-refractivity contribution is -0.192. The summed E-state index contributed by atoms with van der Waals surface area (Å²) in [6.07, 6.45) is -0.276. The molecule has 0 unspecified atom stereocenters. The van der Waals surface area contributed by atoms with Gasteiger partial charge in [0.05, 0.1) is 12.0 Å². The molecule has 5 nitrogen and oxygen atoms in total. The van der Waals surface area contributed by atoms with E-state index >= 15 is 0 Å². The average Bonchev–Trinajstić information content (AvgIpc) is 2.74. The lowest BCUT2D eigenvalue weighted by atomic mass is 9.71. The number of carboxylic acids is 1. The number of carbonyl (C=O) groups is 1. The van der Waals surface area contributed by atoms with Gasteiger partial charge in [-0.05, 0) is 68.9 Å². The first-order chi connectivity index (χ1) is 15.1. The molecular weight excluding hydrogens is 404 g/mol. The van der Waals surface area contributed by atoms with Gasteiger partial charge in [0.1, 0.15) is 29.8 Å². The third-order valence-corrected chi connectivity index (χ3v) is 7.19. The van der Waals surface area contributed by atoms with E-state index in [0.29, 0.717) is 12.3 Å². The van der Waals surface area contributed by atoms with Gasteiger partial charge in [-0.1, -0.05) is 38.1 Å². The van der Waals surface area contributed by atoms with E-state index in [2.05, 4.69) is 52.0 Å². The highest BCUT2D eigenvalue weighted by molar-refractivity contribution is 5.71. The maximum Gasteiger partial charge on any atom is 0.309 e. The van der Waals surface area contributed by atoms with Crippen molar-refractivity contribution in [1.82, 2.24) is 0 Å². The van der Waals surface area contributed by atoms with Crippen molar-refractivity contribution in [2.45, 2.75) is 71.7 Å². The third-order valence-electron chi connectivity index (χ3n) is 7.19. The number of aryl methyl sites for hydroxylation is 1. The van der Waals surface area contributed by atoms with Crippen LogP contribution in [0.15, 0.2) is 36.4 Å².